The highest BCUT2D eigenvalue weighted by atomic mass is 79.9. The number of rotatable bonds is 1. The molecule has 3 rings (SSSR count). The zero-order valence-corrected chi connectivity index (χ0v) is 10.1. The van der Waals surface area contributed by atoms with Crippen LogP contribution in [0.1, 0.15) is 31.7 Å². The van der Waals surface area contributed by atoms with Crippen LogP contribution in [-0.2, 0) is 0 Å². The van der Waals surface area contributed by atoms with Crippen molar-refractivity contribution in [2.24, 2.45) is 0 Å². The Balaban J connectivity index is 2.13. The van der Waals surface area contributed by atoms with E-state index in [1.165, 1.54) is 31.1 Å². The van der Waals surface area contributed by atoms with Crippen molar-refractivity contribution >= 4 is 27.0 Å². The summed E-state index contributed by atoms with van der Waals surface area (Å²) in [4.78, 5) is 4.56. The van der Waals surface area contributed by atoms with Gasteiger partial charge in [0.2, 0.25) is 0 Å². The molecule has 0 saturated heterocycles. The first-order valence-electron chi connectivity index (χ1n) is 5.48. The Hall–Kier alpha value is -0.830. The molecule has 1 fully saturated rings. The summed E-state index contributed by atoms with van der Waals surface area (Å²) in [7, 11) is 0. The topological polar surface area (TPSA) is 17.8 Å². The summed E-state index contributed by atoms with van der Waals surface area (Å²) in [5.74, 6) is 0. The molecule has 0 spiro atoms. The molecule has 0 bridgehead atoms. The van der Waals surface area contributed by atoms with E-state index in [-0.39, 0.29) is 0 Å². The predicted octanol–water partition coefficient (Wildman–Crippen LogP) is 3.91. The minimum absolute atomic E-state index is 0.671. The van der Waals surface area contributed by atoms with Crippen LogP contribution in [0.5, 0.6) is 0 Å². The van der Waals surface area contributed by atoms with Crippen LogP contribution in [0, 0.1) is 0 Å². The molecule has 0 aromatic carbocycles. The van der Waals surface area contributed by atoms with Gasteiger partial charge in [-0.1, -0.05) is 12.8 Å². The lowest BCUT2D eigenvalue weighted by Gasteiger charge is -2.12. The van der Waals surface area contributed by atoms with E-state index in [9.17, 15) is 0 Å². The van der Waals surface area contributed by atoms with Crippen LogP contribution in [0.15, 0.2) is 29.0 Å². The Labute approximate surface area is 97.4 Å². The van der Waals surface area contributed by atoms with Gasteiger partial charge in [0.25, 0.3) is 0 Å². The van der Waals surface area contributed by atoms with Gasteiger partial charge in [-0.25, -0.2) is 4.98 Å². The zero-order valence-electron chi connectivity index (χ0n) is 8.49. The standard InChI is InChI=1S/C12H13BrN2/c13-11-6-5-9-7-8-15(12(9)14-11)10-3-1-2-4-10/h5-8,10H,1-4H2. The van der Waals surface area contributed by atoms with E-state index >= 15 is 0 Å². The van der Waals surface area contributed by atoms with Crippen molar-refractivity contribution in [2.75, 3.05) is 0 Å². The summed E-state index contributed by atoms with van der Waals surface area (Å²) in [6.07, 6.45) is 7.51. The van der Waals surface area contributed by atoms with Crippen molar-refractivity contribution in [1.82, 2.24) is 9.55 Å². The Bertz CT molecular complexity index is 483. The van der Waals surface area contributed by atoms with Gasteiger partial charge in [0.05, 0.1) is 0 Å². The minimum Gasteiger partial charge on any atom is -0.329 e. The van der Waals surface area contributed by atoms with Crippen LogP contribution < -0.4 is 0 Å². The summed E-state index contributed by atoms with van der Waals surface area (Å²) in [5, 5.41) is 1.24. The SMILES string of the molecule is Brc1ccc2ccn(C3CCCC3)c2n1. The molecule has 2 heterocycles. The van der Waals surface area contributed by atoms with Gasteiger partial charge in [-0.15, -0.1) is 0 Å². The molecule has 1 aliphatic rings. The van der Waals surface area contributed by atoms with E-state index in [0.717, 1.165) is 10.3 Å². The zero-order chi connectivity index (χ0) is 10.3. The Morgan fingerprint density at radius 3 is 2.80 bits per heavy atom. The lowest BCUT2D eigenvalue weighted by atomic mass is 10.2. The van der Waals surface area contributed by atoms with E-state index in [1.54, 1.807) is 0 Å². The summed E-state index contributed by atoms with van der Waals surface area (Å²) >= 11 is 3.44. The maximum atomic E-state index is 4.56. The Kier molecular flexibility index (Phi) is 2.28. The molecule has 0 unspecified atom stereocenters. The average Bonchev–Trinajstić information content (AvgIpc) is 2.83. The predicted molar refractivity (Wildman–Crippen MR) is 64.9 cm³/mol. The number of fused-ring (bicyclic) bond motifs is 1. The summed E-state index contributed by atoms with van der Waals surface area (Å²) in [6, 6.07) is 6.95. The molecule has 15 heavy (non-hydrogen) atoms. The summed E-state index contributed by atoms with van der Waals surface area (Å²) in [6.45, 7) is 0. The van der Waals surface area contributed by atoms with Crippen LogP contribution in [-0.4, -0.2) is 9.55 Å². The number of nitrogens with zero attached hydrogens (tertiary/aromatic N) is 2. The molecular weight excluding hydrogens is 252 g/mol. The normalized spacial score (nSPS) is 17.7. The fourth-order valence-electron chi connectivity index (χ4n) is 2.48. The van der Waals surface area contributed by atoms with Crippen LogP contribution >= 0.6 is 15.9 Å². The quantitative estimate of drug-likeness (QED) is 0.715. The lowest BCUT2D eigenvalue weighted by Crippen LogP contribution is -2.03. The highest BCUT2D eigenvalue weighted by Crippen LogP contribution is 2.32. The summed E-state index contributed by atoms with van der Waals surface area (Å²) < 4.78 is 3.26. The maximum Gasteiger partial charge on any atom is 0.141 e. The van der Waals surface area contributed by atoms with Gasteiger partial charge in [0.15, 0.2) is 0 Å². The molecular formula is C12H13BrN2. The van der Waals surface area contributed by atoms with Gasteiger partial charge in [-0.3, -0.25) is 0 Å². The molecule has 2 nitrogen and oxygen atoms in total. The second-order valence-corrected chi connectivity index (χ2v) is 5.02. The van der Waals surface area contributed by atoms with Crippen molar-refractivity contribution < 1.29 is 0 Å². The van der Waals surface area contributed by atoms with Crippen molar-refractivity contribution in [3.8, 4) is 0 Å². The van der Waals surface area contributed by atoms with E-state index in [2.05, 4.69) is 43.8 Å². The fourth-order valence-corrected chi connectivity index (χ4v) is 2.78. The first kappa shape index (κ1) is 9.40. The number of halogens is 1. The van der Waals surface area contributed by atoms with Gasteiger partial charge >= 0.3 is 0 Å². The lowest BCUT2D eigenvalue weighted by molar-refractivity contribution is 0.532. The number of hydrogen-bond acceptors (Lipinski definition) is 1. The third-order valence-corrected chi connectivity index (χ3v) is 3.69. The van der Waals surface area contributed by atoms with Crippen LogP contribution in [0.25, 0.3) is 11.0 Å². The molecule has 78 valence electrons. The molecule has 3 heteroatoms. The average molecular weight is 265 g/mol. The van der Waals surface area contributed by atoms with E-state index in [1.807, 2.05) is 6.07 Å². The van der Waals surface area contributed by atoms with Crippen molar-refractivity contribution in [3.05, 3.63) is 29.0 Å². The molecule has 2 aromatic rings. The van der Waals surface area contributed by atoms with Gasteiger partial charge in [0, 0.05) is 17.6 Å². The fraction of sp³-hybridized carbons (Fsp3) is 0.417. The van der Waals surface area contributed by atoms with Crippen LogP contribution in [0.2, 0.25) is 0 Å². The molecule has 0 N–H and O–H groups in total. The molecule has 0 atom stereocenters. The molecule has 0 radical (unpaired) electrons. The highest BCUT2D eigenvalue weighted by Gasteiger charge is 2.18. The van der Waals surface area contributed by atoms with E-state index in [0.29, 0.717) is 6.04 Å². The second kappa shape index (κ2) is 3.63. The monoisotopic (exact) mass is 264 g/mol. The minimum atomic E-state index is 0.671. The van der Waals surface area contributed by atoms with E-state index < -0.39 is 0 Å². The van der Waals surface area contributed by atoms with Crippen molar-refractivity contribution in [1.29, 1.82) is 0 Å². The van der Waals surface area contributed by atoms with Crippen LogP contribution in [0.3, 0.4) is 0 Å². The first-order valence-corrected chi connectivity index (χ1v) is 6.27. The molecule has 1 aliphatic carbocycles. The largest absolute Gasteiger partial charge is 0.329 e. The molecule has 0 amide bonds. The van der Waals surface area contributed by atoms with Gasteiger partial charge < -0.3 is 4.57 Å². The number of aromatic nitrogens is 2. The Morgan fingerprint density at radius 1 is 1.20 bits per heavy atom. The van der Waals surface area contributed by atoms with E-state index in [4.69, 9.17) is 0 Å². The highest BCUT2D eigenvalue weighted by molar-refractivity contribution is 9.10. The van der Waals surface area contributed by atoms with Crippen LogP contribution in [0.4, 0.5) is 0 Å². The molecule has 1 saturated carbocycles. The van der Waals surface area contributed by atoms with Gasteiger partial charge in [-0.05, 0) is 47.0 Å². The smallest absolute Gasteiger partial charge is 0.141 e. The first-order chi connectivity index (χ1) is 7.34. The maximum absolute atomic E-state index is 4.56. The third kappa shape index (κ3) is 1.59. The van der Waals surface area contributed by atoms with Crippen molar-refractivity contribution in [2.45, 2.75) is 31.7 Å². The van der Waals surface area contributed by atoms with Gasteiger partial charge in [0.1, 0.15) is 10.3 Å². The van der Waals surface area contributed by atoms with Gasteiger partial charge in [-0.2, -0.15) is 0 Å². The molecule has 0 aliphatic heterocycles. The Morgan fingerprint density at radius 2 is 2.00 bits per heavy atom. The summed E-state index contributed by atoms with van der Waals surface area (Å²) in [5.41, 5.74) is 1.12. The number of pyridine rings is 1. The van der Waals surface area contributed by atoms with Crippen molar-refractivity contribution in [3.63, 3.8) is 0 Å². The number of hydrogen-bond donors (Lipinski definition) is 0. The third-order valence-electron chi connectivity index (χ3n) is 3.25. The second-order valence-electron chi connectivity index (χ2n) is 4.21. The molecule has 2 aromatic heterocycles.